The van der Waals surface area contributed by atoms with Crippen LogP contribution in [0.1, 0.15) is 27.2 Å². The van der Waals surface area contributed by atoms with E-state index in [2.05, 4.69) is 0 Å². The van der Waals surface area contributed by atoms with Crippen molar-refractivity contribution in [1.29, 1.82) is 0 Å². The summed E-state index contributed by atoms with van der Waals surface area (Å²) < 4.78 is -0.672. The number of rotatable bonds is 6. The Morgan fingerprint density at radius 2 is 1.86 bits per heavy atom. The quantitative estimate of drug-likeness (QED) is 0.680. The molecule has 0 aromatic rings. The highest BCUT2D eigenvalue weighted by molar-refractivity contribution is 8.02. The summed E-state index contributed by atoms with van der Waals surface area (Å²) in [4.78, 5) is 22.0. The van der Waals surface area contributed by atoms with Gasteiger partial charge in [-0.25, -0.2) is 0 Å². The van der Waals surface area contributed by atoms with E-state index in [1.807, 2.05) is 20.8 Å². The van der Waals surface area contributed by atoms with Crippen molar-refractivity contribution in [2.24, 2.45) is 17.4 Å². The molecule has 0 aromatic carbocycles. The van der Waals surface area contributed by atoms with Gasteiger partial charge < -0.3 is 11.5 Å². The number of amides is 2. The molecule has 82 valence electrons. The number of hydrogen-bond donors (Lipinski definition) is 2. The van der Waals surface area contributed by atoms with Crippen LogP contribution in [-0.2, 0) is 9.59 Å². The van der Waals surface area contributed by atoms with E-state index in [4.69, 9.17) is 11.5 Å². The normalized spacial score (nSPS) is 15.1. The zero-order chi connectivity index (χ0) is 11.4. The van der Waals surface area contributed by atoms with Crippen LogP contribution in [0.4, 0.5) is 0 Å². The number of thioether (sulfide) groups is 1. The maximum atomic E-state index is 11.4. The van der Waals surface area contributed by atoms with Crippen LogP contribution < -0.4 is 11.5 Å². The van der Waals surface area contributed by atoms with Gasteiger partial charge >= 0.3 is 0 Å². The zero-order valence-electron chi connectivity index (χ0n) is 8.87. The van der Waals surface area contributed by atoms with Crippen LogP contribution >= 0.6 is 11.8 Å². The Morgan fingerprint density at radius 1 is 1.36 bits per heavy atom. The van der Waals surface area contributed by atoms with E-state index in [0.29, 0.717) is 6.42 Å². The second-order valence-corrected chi connectivity index (χ2v) is 4.82. The van der Waals surface area contributed by atoms with Crippen molar-refractivity contribution in [2.75, 3.05) is 5.75 Å². The summed E-state index contributed by atoms with van der Waals surface area (Å²) in [6, 6.07) is 0. The summed E-state index contributed by atoms with van der Waals surface area (Å²) in [5.74, 6) is -0.570. The Labute approximate surface area is 88.8 Å². The maximum Gasteiger partial charge on any atom is 0.233 e. The van der Waals surface area contributed by atoms with E-state index >= 15 is 0 Å². The molecule has 0 fully saturated rings. The van der Waals surface area contributed by atoms with E-state index in [1.54, 1.807) is 0 Å². The Balaban J connectivity index is 4.68. The fraction of sp³-hybridized carbons (Fsp3) is 0.778. The van der Waals surface area contributed by atoms with Gasteiger partial charge in [-0.15, -0.1) is 11.8 Å². The van der Waals surface area contributed by atoms with Crippen molar-refractivity contribution < 1.29 is 9.59 Å². The van der Waals surface area contributed by atoms with Gasteiger partial charge in [0.15, 0.2) is 0 Å². The smallest absolute Gasteiger partial charge is 0.233 e. The molecule has 0 saturated heterocycles. The predicted octanol–water partition coefficient (Wildman–Crippen LogP) is 0.495. The van der Waals surface area contributed by atoms with Gasteiger partial charge in [-0.3, -0.25) is 9.59 Å². The molecular weight excluding hydrogens is 200 g/mol. The molecule has 0 heterocycles. The Morgan fingerprint density at radius 3 is 2.07 bits per heavy atom. The first kappa shape index (κ1) is 13.3. The topological polar surface area (TPSA) is 86.2 Å². The van der Waals surface area contributed by atoms with Gasteiger partial charge in [-0.1, -0.05) is 20.8 Å². The van der Waals surface area contributed by atoms with Gasteiger partial charge in [0.1, 0.15) is 0 Å². The first-order chi connectivity index (χ1) is 6.36. The van der Waals surface area contributed by atoms with Gasteiger partial charge in [-0.05, 0) is 12.3 Å². The second-order valence-electron chi connectivity index (χ2n) is 3.52. The van der Waals surface area contributed by atoms with Crippen LogP contribution in [-0.4, -0.2) is 22.3 Å². The fourth-order valence-electron chi connectivity index (χ4n) is 1.41. The van der Waals surface area contributed by atoms with Crippen LogP contribution in [0.25, 0.3) is 0 Å². The number of carbonyl (C=O) groups is 2. The first-order valence-corrected chi connectivity index (χ1v) is 5.57. The average Bonchev–Trinajstić information content (AvgIpc) is 2.04. The largest absolute Gasteiger partial charge is 0.369 e. The molecule has 0 spiro atoms. The van der Waals surface area contributed by atoms with E-state index in [0.717, 1.165) is 0 Å². The van der Waals surface area contributed by atoms with Crippen LogP contribution in [0.5, 0.6) is 0 Å². The highest BCUT2D eigenvalue weighted by atomic mass is 32.2. The highest BCUT2D eigenvalue weighted by Crippen LogP contribution is 2.35. The Hall–Kier alpha value is -0.710. The molecular formula is C9H18N2O2S. The molecule has 5 heteroatoms. The van der Waals surface area contributed by atoms with E-state index in [1.165, 1.54) is 11.8 Å². The van der Waals surface area contributed by atoms with Gasteiger partial charge in [0.25, 0.3) is 0 Å². The van der Waals surface area contributed by atoms with Crippen LogP contribution in [0.2, 0.25) is 0 Å². The van der Waals surface area contributed by atoms with Crippen molar-refractivity contribution in [1.82, 2.24) is 0 Å². The second kappa shape index (κ2) is 5.24. The fourth-order valence-corrected chi connectivity index (χ4v) is 2.49. The van der Waals surface area contributed by atoms with Gasteiger partial charge in [-0.2, -0.15) is 0 Å². The highest BCUT2D eigenvalue weighted by Gasteiger charge is 2.38. The minimum absolute atomic E-state index is 0.0920. The molecule has 0 radical (unpaired) electrons. The maximum absolute atomic E-state index is 11.4. The molecule has 0 aliphatic carbocycles. The molecule has 0 aliphatic rings. The summed E-state index contributed by atoms with van der Waals surface area (Å²) in [5.41, 5.74) is 10.4. The molecule has 0 rings (SSSR count). The monoisotopic (exact) mass is 218 g/mol. The summed E-state index contributed by atoms with van der Waals surface area (Å²) in [5, 5.41) is 0. The lowest BCUT2D eigenvalue weighted by Gasteiger charge is -2.32. The summed E-state index contributed by atoms with van der Waals surface area (Å²) >= 11 is 1.24. The van der Waals surface area contributed by atoms with Crippen molar-refractivity contribution in [3.8, 4) is 0 Å². The molecule has 4 N–H and O–H groups in total. The van der Waals surface area contributed by atoms with Gasteiger partial charge in [0, 0.05) is 0 Å². The van der Waals surface area contributed by atoms with Crippen LogP contribution in [0.3, 0.4) is 0 Å². The molecule has 0 bridgehead atoms. The molecule has 2 amide bonds. The number of hydrogen-bond acceptors (Lipinski definition) is 3. The Bertz CT molecular complexity index is 231. The summed E-state index contributed by atoms with van der Waals surface area (Å²) in [6.45, 7) is 5.73. The predicted molar refractivity (Wildman–Crippen MR) is 58.7 cm³/mol. The minimum Gasteiger partial charge on any atom is -0.369 e. The molecule has 0 aromatic heterocycles. The van der Waals surface area contributed by atoms with E-state index in [9.17, 15) is 9.59 Å². The third-order valence-electron chi connectivity index (χ3n) is 2.35. The molecule has 1 atom stereocenters. The lowest BCUT2D eigenvalue weighted by Crippen LogP contribution is -2.45. The van der Waals surface area contributed by atoms with Crippen molar-refractivity contribution in [2.45, 2.75) is 31.9 Å². The SMILES string of the molecule is CCC(SCC(N)=O)(C(N)=O)C(C)C. The number of nitrogens with two attached hydrogens (primary N) is 2. The lowest BCUT2D eigenvalue weighted by atomic mass is 9.91. The third-order valence-corrected chi connectivity index (χ3v) is 4.25. The Kier molecular flexibility index (Phi) is 4.97. The molecule has 0 saturated carbocycles. The van der Waals surface area contributed by atoms with E-state index in [-0.39, 0.29) is 17.6 Å². The zero-order valence-corrected chi connectivity index (χ0v) is 9.69. The summed E-state index contributed by atoms with van der Waals surface area (Å²) in [7, 11) is 0. The molecule has 14 heavy (non-hydrogen) atoms. The number of primary amides is 2. The molecule has 1 unspecified atom stereocenters. The van der Waals surface area contributed by atoms with Crippen molar-refractivity contribution >= 4 is 23.6 Å². The first-order valence-electron chi connectivity index (χ1n) is 4.59. The lowest BCUT2D eigenvalue weighted by molar-refractivity contribution is -0.121. The van der Waals surface area contributed by atoms with Crippen molar-refractivity contribution in [3.05, 3.63) is 0 Å². The third kappa shape index (κ3) is 2.90. The van der Waals surface area contributed by atoms with Gasteiger partial charge in [0.2, 0.25) is 11.8 Å². The standard InChI is InChI=1S/C9H18N2O2S/c1-4-9(6(2)3,8(11)13)14-5-7(10)12/h6H,4-5H2,1-3H3,(H2,10,12)(H2,11,13). The molecule has 0 aliphatic heterocycles. The number of carbonyl (C=O) groups excluding carboxylic acids is 2. The van der Waals surface area contributed by atoms with Crippen molar-refractivity contribution in [3.63, 3.8) is 0 Å². The van der Waals surface area contributed by atoms with Gasteiger partial charge in [0.05, 0.1) is 10.5 Å². The van der Waals surface area contributed by atoms with Crippen LogP contribution in [0.15, 0.2) is 0 Å². The van der Waals surface area contributed by atoms with Crippen LogP contribution in [0, 0.1) is 5.92 Å². The molecule has 4 nitrogen and oxygen atoms in total. The average molecular weight is 218 g/mol. The minimum atomic E-state index is -0.672. The summed E-state index contributed by atoms with van der Waals surface area (Å²) in [6.07, 6.45) is 0.609. The van der Waals surface area contributed by atoms with E-state index < -0.39 is 10.7 Å².